The number of nitrogens with two attached hydrogens (primary N) is 1. The molecule has 1 saturated heterocycles. The van der Waals surface area contributed by atoms with Gasteiger partial charge in [0.05, 0.1) is 29.8 Å². The third-order valence-electron chi connectivity index (χ3n) is 5.85. The summed E-state index contributed by atoms with van der Waals surface area (Å²) < 4.78 is 1.90. The minimum atomic E-state index is 0.352. The van der Waals surface area contributed by atoms with Gasteiger partial charge in [0.2, 0.25) is 0 Å². The van der Waals surface area contributed by atoms with Crippen molar-refractivity contribution in [3.8, 4) is 11.1 Å². The summed E-state index contributed by atoms with van der Waals surface area (Å²) in [6.45, 7) is 4.06. The summed E-state index contributed by atoms with van der Waals surface area (Å²) in [5, 5.41) is 5.75. The largest absolute Gasteiger partial charge is 0.369 e. The molecule has 0 unspecified atom stereocenters. The van der Waals surface area contributed by atoms with E-state index in [0.717, 1.165) is 77.8 Å². The Morgan fingerprint density at radius 1 is 1.03 bits per heavy atom. The number of pyridine rings is 1. The molecule has 0 saturated carbocycles. The van der Waals surface area contributed by atoms with Crippen molar-refractivity contribution in [1.82, 2.24) is 19.6 Å². The predicted octanol–water partition coefficient (Wildman–Crippen LogP) is 3.96. The molecule has 29 heavy (non-hydrogen) atoms. The Balaban J connectivity index is 1.54. The highest BCUT2D eigenvalue weighted by molar-refractivity contribution is 5.98. The van der Waals surface area contributed by atoms with Crippen LogP contribution < -0.4 is 10.6 Å². The van der Waals surface area contributed by atoms with Crippen molar-refractivity contribution in [2.75, 3.05) is 18.0 Å². The molecule has 0 aliphatic carbocycles. The molecule has 3 aromatic heterocycles. The van der Waals surface area contributed by atoms with Crippen LogP contribution in [0.2, 0.25) is 0 Å². The van der Waals surface area contributed by atoms with Crippen LogP contribution in [-0.2, 0) is 0 Å². The molecule has 148 valence electrons. The maximum atomic E-state index is 6.12. The van der Waals surface area contributed by atoms with Crippen LogP contribution in [0.1, 0.15) is 31.4 Å². The standard InChI is InChI=1S/C23H26N6/c1-16-12-20(19-8-2-3-9-22(19)27-16)21-14-26-29-15-18(13-25-23(21)29)28-10-4-6-17(24)7-5-11-28/h2-3,8-9,12-15,17H,4-7,10-11,24H2,1H3. The second-order valence-corrected chi connectivity index (χ2v) is 8.00. The van der Waals surface area contributed by atoms with E-state index >= 15 is 0 Å². The quantitative estimate of drug-likeness (QED) is 0.564. The van der Waals surface area contributed by atoms with E-state index in [0.29, 0.717) is 6.04 Å². The van der Waals surface area contributed by atoms with Gasteiger partial charge in [-0.3, -0.25) is 4.98 Å². The number of aryl methyl sites for hydroxylation is 1. The molecule has 2 N–H and O–H groups in total. The second-order valence-electron chi connectivity index (χ2n) is 8.00. The Bertz CT molecular complexity index is 1150. The lowest BCUT2D eigenvalue weighted by molar-refractivity contribution is 0.491. The van der Waals surface area contributed by atoms with Gasteiger partial charge in [-0.1, -0.05) is 18.2 Å². The number of benzene rings is 1. The van der Waals surface area contributed by atoms with Gasteiger partial charge in [-0.2, -0.15) is 5.10 Å². The Kier molecular flexibility index (Phi) is 4.64. The maximum absolute atomic E-state index is 6.12. The Morgan fingerprint density at radius 3 is 2.66 bits per heavy atom. The Morgan fingerprint density at radius 2 is 1.83 bits per heavy atom. The number of aromatic nitrogens is 4. The van der Waals surface area contributed by atoms with Crippen molar-refractivity contribution in [2.24, 2.45) is 5.73 Å². The van der Waals surface area contributed by atoms with Crippen LogP contribution in [0, 0.1) is 6.92 Å². The van der Waals surface area contributed by atoms with Crippen LogP contribution >= 0.6 is 0 Å². The van der Waals surface area contributed by atoms with E-state index in [-0.39, 0.29) is 0 Å². The Labute approximate surface area is 170 Å². The summed E-state index contributed by atoms with van der Waals surface area (Å²) in [6.07, 6.45) is 10.4. The lowest BCUT2D eigenvalue weighted by atomic mass is 10.0. The topological polar surface area (TPSA) is 72.3 Å². The maximum Gasteiger partial charge on any atom is 0.162 e. The normalized spacial score (nSPS) is 16.3. The van der Waals surface area contributed by atoms with Crippen LogP contribution in [-0.4, -0.2) is 38.7 Å². The lowest BCUT2D eigenvalue weighted by Crippen LogP contribution is -2.32. The number of para-hydroxylation sites is 1. The lowest BCUT2D eigenvalue weighted by Gasteiger charge is -2.28. The summed E-state index contributed by atoms with van der Waals surface area (Å²) in [4.78, 5) is 11.9. The third kappa shape index (κ3) is 3.44. The highest BCUT2D eigenvalue weighted by atomic mass is 15.3. The number of hydrogen-bond acceptors (Lipinski definition) is 5. The molecule has 4 aromatic rings. The molecule has 0 radical (unpaired) electrons. The van der Waals surface area contributed by atoms with Crippen molar-refractivity contribution in [1.29, 1.82) is 0 Å². The molecule has 0 spiro atoms. The van der Waals surface area contributed by atoms with Gasteiger partial charge >= 0.3 is 0 Å². The first kappa shape index (κ1) is 18.1. The highest BCUT2D eigenvalue weighted by Crippen LogP contribution is 2.31. The summed E-state index contributed by atoms with van der Waals surface area (Å²) in [5.74, 6) is 0. The number of nitrogens with zero attached hydrogens (tertiary/aromatic N) is 5. The minimum absolute atomic E-state index is 0.352. The SMILES string of the molecule is Cc1cc(-c2cnn3cc(N4CCCC(N)CCC4)cnc23)c2ccccc2n1. The molecule has 0 amide bonds. The first-order valence-electron chi connectivity index (χ1n) is 10.4. The van der Waals surface area contributed by atoms with Crippen LogP contribution in [0.5, 0.6) is 0 Å². The summed E-state index contributed by atoms with van der Waals surface area (Å²) in [6, 6.07) is 10.7. The fourth-order valence-electron chi connectivity index (χ4n) is 4.35. The molecule has 4 heterocycles. The molecular weight excluding hydrogens is 360 g/mol. The van der Waals surface area contributed by atoms with Gasteiger partial charge in [0.1, 0.15) is 0 Å². The van der Waals surface area contributed by atoms with Crippen LogP contribution in [0.25, 0.3) is 27.7 Å². The molecule has 1 aromatic carbocycles. The summed E-state index contributed by atoms with van der Waals surface area (Å²) >= 11 is 0. The third-order valence-corrected chi connectivity index (χ3v) is 5.85. The van der Waals surface area contributed by atoms with Crippen molar-refractivity contribution in [2.45, 2.75) is 38.6 Å². The van der Waals surface area contributed by atoms with E-state index in [2.05, 4.69) is 39.4 Å². The average molecular weight is 387 g/mol. The first-order valence-corrected chi connectivity index (χ1v) is 10.4. The predicted molar refractivity (Wildman–Crippen MR) is 117 cm³/mol. The summed E-state index contributed by atoms with van der Waals surface area (Å²) in [7, 11) is 0. The van der Waals surface area contributed by atoms with Gasteiger partial charge in [0.25, 0.3) is 0 Å². The van der Waals surface area contributed by atoms with Crippen molar-refractivity contribution in [3.63, 3.8) is 0 Å². The molecule has 1 aliphatic heterocycles. The molecule has 1 aliphatic rings. The van der Waals surface area contributed by atoms with E-state index in [9.17, 15) is 0 Å². The van der Waals surface area contributed by atoms with Gasteiger partial charge in [0, 0.05) is 35.8 Å². The first-order chi connectivity index (χ1) is 14.2. The fraction of sp³-hybridized carbons (Fsp3) is 0.348. The van der Waals surface area contributed by atoms with Crippen molar-refractivity contribution >= 4 is 22.2 Å². The van der Waals surface area contributed by atoms with Gasteiger partial charge in [-0.15, -0.1) is 0 Å². The van der Waals surface area contributed by atoms with Gasteiger partial charge < -0.3 is 10.6 Å². The fourth-order valence-corrected chi connectivity index (χ4v) is 4.35. The summed E-state index contributed by atoms with van der Waals surface area (Å²) in [5.41, 5.74) is 12.3. The van der Waals surface area contributed by atoms with Crippen molar-refractivity contribution in [3.05, 3.63) is 54.6 Å². The molecule has 5 rings (SSSR count). The number of anilines is 1. The van der Waals surface area contributed by atoms with Gasteiger partial charge in [0.15, 0.2) is 5.65 Å². The zero-order valence-corrected chi connectivity index (χ0v) is 16.8. The molecule has 0 bridgehead atoms. The van der Waals surface area contributed by atoms with E-state index in [1.807, 2.05) is 36.0 Å². The van der Waals surface area contributed by atoms with E-state index in [1.54, 1.807) is 0 Å². The van der Waals surface area contributed by atoms with Gasteiger partial charge in [-0.25, -0.2) is 9.50 Å². The van der Waals surface area contributed by atoms with E-state index in [4.69, 9.17) is 10.7 Å². The zero-order valence-electron chi connectivity index (χ0n) is 16.8. The monoisotopic (exact) mass is 386 g/mol. The molecule has 1 fully saturated rings. The Hall–Kier alpha value is -2.99. The van der Waals surface area contributed by atoms with Crippen LogP contribution in [0.15, 0.2) is 48.9 Å². The van der Waals surface area contributed by atoms with E-state index in [1.165, 1.54) is 0 Å². The van der Waals surface area contributed by atoms with Crippen LogP contribution in [0.4, 0.5) is 5.69 Å². The van der Waals surface area contributed by atoms with Crippen molar-refractivity contribution < 1.29 is 0 Å². The average Bonchev–Trinajstić information content (AvgIpc) is 3.13. The molecule has 6 nitrogen and oxygen atoms in total. The highest BCUT2D eigenvalue weighted by Gasteiger charge is 2.16. The number of hydrogen-bond donors (Lipinski definition) is 1. The minimum Gasteiger partial charge on any atom is -0.369 e. The number of fused-ring (bicyclic) bond motifs is 2. The molecular formula is C23H26N6. The van der Waals surface area contributed by atoms with E-state index < -0.39 is 0 Å². The van der Waals surface area contributed by atoms with Crippen LogP contribution in [0.3, 0.4) is 0 Å². The van der Waals surface area contributed by atoms with Gasteiger partial charge in [-0.05, 0) is 50.3 Å². The molecule has 0 atom stereocenters. The smallest absolute Gasteiger partial charge is 0.162 e. The second kappa shape index (κ2) is 7.44. The zero-order chi connectivity index (χ0) is 19.8. The molecule has 6 heteroatoms. The number of rotatable bonds is 2.